The number of hydrogen-bond acceptors (Lipinski definition) is 6. The number of ether oxygens (including phenoxy) is 2. The molecule has 1 atom stereocenters. The van der Waals surface area contributed by atoms with Crippen molar-refractivity contribution in [1.82, 2.24) is 9.88 Å². The number of thiazole rings is 1. The highest BCUT2D eigenvalue weighted by Crippen LogP contribution is 2.32. The number of halogens is 1. The third kappa shape index (κ3) is 3.89. The molecular weight excluding hydrogens is 333 g/mol. The van der Waals surface area contributed by atoms with Crippen LogP contribution in [-0.4, -0.2) is 55.7 Å². The molecule has 24 heavy (non-hydrogen) atoms. The van der Waals surface area contributed by atoms with E-state index < -0.39 is 5.85 Å². The summed E-state index contributed by atoms with van der Waals surface area (Å²) in [7, 11) is 1.33. The summed E-state index contributed by atoms with van der Waals surface area (Å²) in [5.74, 6) is -1.96. The number of hydrogen-bond donors (Lipinski definition) is 1. The van der Waals surface area contributed by atoms with Crippen molar-refractivity contribution < 1.29 is 18.7 Å². The number of morpholine rings is 1. The van der Waals surface area contributed by atoms with E-state index in [4.69, 9.17) is 9.47 Å². The monoisotopic (exact) mass is 353 g/mol. The van der Waals surface area contributed by atoms with Gasteiger partial charge in [-0.25, -0.2) is 9.37 Å². The Morgan fingerprint density at radius 1 is 1.50 bits per heavy atom. The number of fused-ring (bicyclic) bond motifs is 1. The zero-order valence-electron chi connectivity index (χ0n) is 13.7. The van der Waals surface area contributed by atoms with Crippen LogP contribution in [0.25, 0.3) is 10.2 Å². The average Bonchev–Trinajstić information content (AvgIpc) is 2.96. The number of aromatic nitrogens is 1. The van der Waals surface area contributed by atoms with E-state index in [9.17, 15) is 9.18 Å². The molecule has 0 saturated carbocycles. The van der Waals surface area contributed by atoms with Crippen LogP contribution in [0.3, 0.4) is 0 Å². The van der Waals surface area contributed by atoms with E-state index in [1.54, 1.807) is 18.2 Å². The Morgan fingerprint density at radius 3 is 2.96 bits per heavy atom. The molecule has 130 valence electrons. The minimum atomic E-state index is -1.85. The molecule has 0 bridgehead atoms. The van der Waals surface area contributed by atoms with Crippen LogP contribution in [0, 0.1) is 0 Å². The van der Waals surface area contributed by atoms with Crippen LogP contribution in [0.4, 0.5) is 9.52 Å². The van der Waals surface area contributed by atoms with Crippen LogP contribution in [0.1, 0.15) is 12.5 Å². The summed E-state index contributed by atoms with van der Waals surface area (Å²) in [6.07, 6.45) is 0. The van der Waals surface area contributed by atoms with Gasteiger partial charge in [0, 0.05) is 25.8 Å². The molecule has 3 rings (SSSR count). The van der Waals surface area contributed by atoms with Crippen molar-refractivity contribution >= 4 is 32.6 Å². The summed E-state index contributed by atoms with van der Waals surface area (Å²) in [5.41, 5.74) is 1.14. The molecule has 0 radical (unpaired) electrons. The molecular formula is C16H20FN3O3S. The molecule has 0 spiro atoms. The van der Waals surface area contributed by atoms with Crippen LogP contribution in [0.15, 0.2) is 18.2 Å². The van der Waals surface area contributed by atoms with E-state index in [0.717, 1.165) is 23.3 Å². The predicted molar refractivity (Wildman–Crippen MR) is 91.0 cm³/mol. The van der Waals surface area contributed by atoms with Crippen LogP contribution >= 0.6 is 11.3 Å². The van der Waals surface area contributed by atoms with Gasteiger partial charge in [0.25, 0.3) is 0 Å². The van der Waals surface area contributed by atoms with E-state index >= 15 is 0 Å². The van der Waals surface area contributed by atoms with Crippen molar-refractivity contribution in [2.75, 3.05) is 45.3 Å². The Hall–Kier alpha value is -1.61. The van der Waals surface area contributed by atoms with Gasteiger partial charge in [0.15, 0.2) is 5.13 Å². The molecule has 1 amide bonds. The summed E-state index contributed by atoms with van der Waals surface area (Å²) >= 11 is 1.32. The number of benzene rings is 1. The smallest absolute Gasteiger partial charge is 0.240 e. The van der Waals surface area contributed by atoms with Gasteiger partial charge in [0.05, 0.1) is 30.0 Å². The van der Waals surface area contributed by atoms with Gasteiger partial charge < -0.3 is 14.8 Å². The topological polar surface area (TPSA) is 63.7 Å². The van der Waals surface area contributed by atoms with Crippen molar-refractivity contribution in [3.8, 4) is 0 Å². The SMILES string of the molecule is COC(C)(F)c1ccc2nc(NC(=O)CN3CCOCC3)sc2c1. The van der Waals surface area contributed by atoms with E-state index in [-0.39, 0.29) is 5.91 Å². The second kappa shape index (κ2) is 7.10. The van der Waals surface area contributed by atoms with Crippen molar-refractivity contribution in [2.45, 2.75) is 12.8 Å². The van der Waals surface area contributed by atoms with Gasteiger partial charge in [-0.3, -0.25) is 9.69 Å². The molecule has 1 unspecified atom stereocenters. The fourth-order valence-electron chi connectivity index (χ4n) is 2.49. The molecule has 8 heteroatoms. The molecule has 6 nitrogen and oxygen atoms in total. The van der Waals surface area contributed by atoms with Gasteiger partial charge in [-0.15, -0.1) is 0 Å². The Morgan fingerprint density at radius 2 is 2.25 bits per heavy atom. The zero-order chi connectivity index (χ0) is 17.2. The minimum absolute atomic E-state index is 0.108. The van der Waals surface area contributed by atoms with E-state index in [0.29, 0.717) is 30.5 Å². The third-order valence-electron chi connectivity index (χ3n) is 4.00. The normalized spacial score (nSPS) is 18.5. The Bertz CT molecular complexity index is 728. The number of methoxy groups -OCH3 is 1. The van der Waals surface area contributed by atoms with Gasteiger partial charge in [-0.05, 0) is 19.1 Å². The molecule has 1 aliphatic rings. The number of amides is 1. The van der Waals surface area contributed by atoms with Gasteiger partial charge in [-0.1, -0.05) is 17.4 Å². The lowest BCUT2D eigenvalue weighted by Crippen LogP contribution is -2.41. The summed E-state index contributed by atoms with van der Waals surface area (Å²) in [6, 6.07) is 5.08. The molecule has 1 saturated heterocycles. The fourth-order valence-corrected chi connectivity index (χ4v) is 3.42. The highest BCUT2D eigenvalue weighted by atomic mass is 32.1. The molecule has 0 aliphatic carbocycles. The highest BCUT2D eigenvalue weighted by molar-refractivity contribution is 7.22. The van der Waals surface area contributed by atoms with Gasteiger partial charge >= 0.3 is 0 Å². The van der Waals surface area contributed by atoms with Gasteiger partial charge in [0.1, 0.15) is 0 Å². The van der Waals surface area contributed by atoms with Crippen molar-refractivity contribution in [1.29, 1.82) is 0 Å². The van der Waals surface area contributed by atoms with Crippen LogP contribution in [0.2, 0.25) is 0 Å². The zero-order valence-corrected chi connectivity index (χ0v) is 14.5. The molecule has 2 heterocycles. The molecule has 2 aromatic rings. The highest BCUT2D eigenvalue weighted by Gasteiger charge is 2.25. The Kier molecular flexibility index (Phi) is 5.09. The lowest BCUT2D eigenvalue weighted by molar-refractivity contribution is -0.118. The average molecular weight is 353 g/mol. The quantitative estimate of drug-likeness (QED) is 0.894. The lowest BCUT2D eigenvalue weighted by atomic mass is 10.1. The first-order chi connectivity index (χ1) is 11.5. The lowest BCUT2D eigenvalue weighted by Gasteiger charge is -2.25. The van der Waals surface area contributed by atoms with E-state index in [2.05, 4.69) is 10.3 Å². The maximum Gasteiger partial charge on any atom is 0.240 e. The first-order valence-electron chi connectivity index (χ1n) is 7.73. The number of anilines is 1. The number of carbonyl (C=O) groups excluding carboxylic acids is 1. The largest absolute Gasteiger partial charge is 0.379 e. The summed E-state index contributed by atoms with van der Waals surface area (Å²) in [6.45, 7) is 4.49. The van der Waals surface area contributed by atoms with Crippen LogP contribution in [0.5, 0.6) is 0 Å². The molecule has 1 N–H and O–H groups in total. The maximum absolute atomic E-state index is 14.2. The van der Waals surface area contributed by atoms with Crippen molar-refractivity contribution in [3.05, 3.63) is 23.8 Å². The molecule has 1 aromatic heterocycles. The summed E-state index contributed by atoms with van der Waals surface area (Å²) < 4.78 is 25.2. The van der Waals surface area contributed by atoms with E-state index in [1.807, 2.05) is 4.90 Å². The van der Waals surface area contributed by atoms with Crippen molar-refractivity contribution in [3.63, 3.8) is 0 Å². The third-order valence-corrected chi connectivity index (χ3v) is 4.94. The van der Waals surface area contributed by atoms with Gasteiger partial charge in [0.2, 0.25) is 11.8 Å². The van der Waals surface area contributed by atoms with E-state index in [1.165, 1.54) is 25.4 Å². The number of carbonyl (C=O) groups is 1. The second-order valence-electron chi connectivity index (χ2n) is 5.76. The summed E-state index contributed by atoms with van der Waals surface area (Å²) in [5, 5.41) is 3.32. The number of alkyl halides is 1. The van der Waals surface area contributed by atoms with Crippen LogP contribution < -0.4 is 5.32 Å². The van der Waals surface area contributed by atoms with Crippen molar-refractivity contribution in [2.24, 2.45) is 0 Å². The molecule has 1 fully saturated rings. The minimum Gasteiger partial charge on any atom is -0.379 e. The fraction of sp³-hybridized carbons (Fsp3) is 0.500. The maximum atomic E-state index is 14.2. The number of nitrogens with zero attached hydrogens (tertiary/aromatic N) is 2. The number of rotatable bonds is 5. The Balaban J connectivity index is 1.70. The van der Waals surface area contributed by atoms with Crippen LogP contribution in [-0.2, 0) is 20.1 Å². The number of nitrogens with one attached hydrogen (secondary N) is 1. The first-order valence-corrected chi connectivity index (χ1v) is 8.55. The first kappa shape index (κ1) is 17.2. The van der Waals surface area contributed by atoms with Gasteiger partial charge in [-0.2, -0.15) is 0 Å². The molecule has 1 aliphatic heterocycles. The predicted octanol–water partition coefficient (Wildman–Crippen LogP) is 2.36. The standard InChI is InChI=1S/C16H20FN3O3S/c1-16(17,22-2)11-3-4-12-13(9-11)24-15(18-12)19-14(21)10-20-5-7-23-8-6-20/h3-4,9H,5-8,10H2,1-2H3,(H,18,19,21). The Labute approximate surface area is 143 Å². The molecule has 1 aromatic carbocycles. The second-order valence-corrected chi connectivity index (χ2v) is 6.79. The summed E-state index contributed by atoms with van der Waals surface area (Å²) in [4.78, 5) is 18.5.